The highest BCUT2D eigenvalue weighted by atomic mass is 19.4. The van der Waals surface area contributed by atoms with Crippen LogP contribution in [0.1, 0.15) is 5.56 Å². The summed E-state index contributed by atoms with van der Waals surface area (Å²) in [7, 11) is 0. The molecule has 1 aromatic rings. The Morgan fingerprint density at radius 2 is 2.14 bits per heavy atom. The van der Waals surface area contributed by atoms with Crippen molar-refractivity contribution in [3.05, 3.63) is 36.4 Å². The second-order valence-electron chi connectivity index (χ2n) is 2.59. The number of hydrogen-bond donors (Lipinski definition) is 0. The largest absolute Gasteiger partial charge is 0.483 e. The van der Waals surface area contributed by atoms with Gasteiger partial charge in [0.05, 0.1) is 0 Å². The van der Waals surface area contributed by atoms with E-state index in [1.807, 2.05) is 0 Å². The van der Waals surface area contributed by atoms with Gasteiger partial charge in [-0.3, -0.25) is 0 Å². The molecule has 14 heavy (non-hydrogen) atoms. The second kappa shape index (κ2) is 4.17. The molecule has 1 nitrogen and oxygen atoms in total. The fraction of sp³-hybridized carbons (Fsp3) is 0.200. The van der Waals surface area contributed by atoms with Crippen LogP contribution in [0.4, 0.5) is 13.2 Å². The van der Waals surface area contributed by atoms with E-state index in [-0.39, 0.29) is 5.75 Å². The van der Waals surface area contributed by atoms with Crippen LogP contribution in [0.15, 0.2) is 24.8 Å². The first-order valence-corrected chi connectivity index (χ1v) is 3.85. The molecule has 0 saturated heterocycles. The Morgan fingerprint density at radius 1 is 1.43 bits per heavy atom. The molecule has 0 N–H and O–H groups in total. The Morgan fingerprint density at radius 3 is 2.57 bits per heavy atom. The van der Waals surface area contributed by atoms with Crippen LogP contribution >= 0.6 is 0 Å². The lowest BCUT2D eigenvalue weighted by molar-refractivity contribution is -0.153. The predicted molar refractivity (Wildman–Crippen MR) is 46.9 cm³/mol. The fourth-order valence-corrected chi connectivity index (χ4v) is 0.799. The highest BCUT2D eigenvalue weighted by molar-refractivity contribution is 5.47. The summed E-state index contributed by atoms with van der Waals surface area (Å²) in [5, 5.41) is 0. The lowest BCUT2D eigenvalue weighted by atomic mass is 10.2. The van der Waals surface area contributed by atoms with Gasteiger partial charge in [0.15, 0.2) is 6.61 Å². The summed E-state index contributed by atoms with van der Waals surface area (Å²) in [6.45, 7) is 2.21. The smallest absolute Gasteiger partial charge is 0.422 e. The molecule has 0 aliphatic rings. The molecule has 1 aromatic carbocycles. The summed E-state index contributed by atoms with van der Waals surface area (Å²) < 4.78 is 39.7. The Labute approximate surface area is 79.8 Å². The second-order valence-corrected chi connectivity index (χ2v) is 2.59. The Balaban J connectivity index is 2.56. The predicted octanol–water partition coefficient (Wildman–Crippen LogP) is 3.07. The lowest BCUT2D eigenvalue weighted by Gasteiger charge is -2.08. The van der Waals surface area contributed by atoms with Crippen LogP contribution in [-0.4, -0.2) is 12.8 Å². The normalized spacial score (nSPS) is 11.1. The summed E-state index contributed by atoms with van der Waals surface area (Å²) in [5.74, 6) is 0.0768. The van der Waals surface area contributed by atoms with Crippen LogP contribution in [0.25, 0.3) is 6.08 Å². The first kappa shape index (κ1) is 10.6. The quantitative estimate of drug-likeness (QED) is 0.730. The maximum atomic E-state index is 11.7. The molecular formula is C10H8F3O. The molecule has 0 atom stereocenters. The summed E-state index contributed by atoms with van der Waals surface area (Å²) in [6, 6.07) is 7.11. The van der Waals surface area contributed by atoms with Gasteiger partial charge in [0.2, 0.25) is 0 Å². The monoisotopic (exact) mass is 201 g/mol. The van der Waals surface area contributed by atoms with E-state index in [1.165, 1.54) is 12.1 Å². The van der Waals surface area contributed by atoms with Gasteiger partial charge >= 0.3 is 6.18 Å². The maximum absolute atomic E-state index is 11.7. The summed E-state index contributed by atoms with van der Waals surface area (Å²) in [6.07, 6.45) is -2.74. The lowest BCUT2D eigenvalue weighted by Crippen LogP contribution is -2.19. The molecule has 0 aliphatic heterocycles. The van der Waals surface area contributed by atoms with Gasteiger partial charge < -0.3 is 4.74 Å². The van der Waals surface area contributed by atoms with Gasteiger partial charge in [-0.2, -0.15) is 13.2 Å². The molecule has 1 radical (unpaired) electrons. The Bertz CT molecular complexity index is 300. The van der Waals surface area contributed by atoms with Crippen molar-refractivity contribution in [3.8, 4) is 5.75 Å². The average Bonchev–Trinajstić information content (AvgIpc) is 2.14. The van der Waals surface area contributed by atoms with Gasteiger partial charge in [-0.15, -0.1) is 0 Å². The van der Waals surface area contributed by atoms with Crippen LogP contribution in [0.2, 0.25) is 0 Å². The van der Waals surface area contributed by atoms with Crippen LogP contribution in [0.3, 0.4) is 0 Å². The maximum Gasteiger partial charge on any atom is 0.422 e. The van der Waals surface area contributed by atoms with Crippen molar-refractivity contribution in [2.75, 3.05) is 6.61 Å². The number of alkyl halides is 3. The van der Waals surface area contributed by atoms with E-state index in [4.69, 9.17) is 0 Å². The summed E-state index contributed by atoms with van der Waals surface area (Å²) in [4.78, 5) is 0. The third-order valence-corrected chi connectivity index (χ3v) is 1.44. The van der Waals surface area contributed by atoms with Crippen molar-refractivity contribution in [1.82, 2.24) is 0 Å². The zero-order valence-electron chi connectivity index (χ0n) is 7.27. The fourth-order valence-electron chi connectivity index (χ4n) is 0.799. The van der Waals surface area contributed by atoms with Gasteiger partial charge in [-0.25, -0.2) is 0 Å². The minimum absolute atomic E-state index is 0.0768. The van der Waals surface area contributed by atoms with Gasteiger partial charge in [0.25, 0.3) is 0 Å². The van der Waals surface area contributed by atoms with E-state index in [2.05, 4.69) is 17.4 Å². The molecule has 0 saturated carbocycles. The minimum atomic E-state index is -4.31. The average molecular weight is 201 g/mol. The molecule has 1 rings (SSSR count). The summed E-state index contributed by atoms with van der Waals surface area (Å²) in [5.41, 5.74) is 0.782. The molecule has 0 fully saturated rings. The Kier molecular flexibility index (Phi) is 3.17. The number of hydrogen-bond acceptors (Lipinski definition) is 1. The van der Waals surface area contributed by atoms with Crippen LogP contribution < -0.4 is 4.74 Å². The molecule has 0 aliphatic carbocycles. The van der Waals surface area contributed by atoms with Gasteiger partial charge in [0, 0.05) is 6.07 Å². The van der Waals surface area contributed by atoms with Crippen molar-refractivity contribution in [3.63, 3.8) is 0 Å². The van der Waals surface area contributed by atoms with E-state index < -0.39 is 12.8 Å². The highest BCUT2D eigenvalue weighted by Gasteiger charge is 2.28. The first-order chi connectivity index (χ1) is 6.51. The number of ether oxygens (including phenoxy) is 1. The molecule has 75 valence electrons. The zero-order valence-corrected chi connectivity index (χ0v) is 7.27. The molecule has 0 unspecified atom stereocenters. The SMILES string of the molecule is C=Cc1c[c]c(OCC(F)(F)F)cc1. The van der Waals surface area contributed by atoms with Crippen molar-refractivity contribution < 1.29 is 17.9 Å². The van der Waals surface area contributed by atoms with E-state index in [1.54, 1.807) is 12.1 Å². The van der Waals surface area contributed by atoms with Crippen molar-refractivity contribution in [1.29, 1.82) is 0 Å². The van der Waals surface area contributed by atoms with E-state index in [9.17, 15) is 13.2 Å². The molecule has 0 spiro atoms. The van der Waals surface area contributed by atoms with E-state index >= 15 is 0 Å². The molecule has 0 aromatic heterocycles. The molecule has 0 amide bonds. The molecular weight excluding hydrogens is 193 g/mol. The number of rotatable bonds is 3. The molecule has 0 heterocycles. The number of halogens is 3. The van der Waals surface area contributed by atoms with Gasteiger partial charge in [-0.05, 0) is 17.7 Å². The van der Waals surface area contributed by atoms with Crippen molar-refractivity contribution in [2.45, 2.75) is 6.18 Å². The summed E-state index contributed by atoms with van der Waals surface area (Å²) >= 11 is 0. The first-order valence-electron chi connectivity index (χ1n) is 3.85. The van der Waals surface area contributed by atoms with Crippen LogP contribution in [-0.2, 0) is 0 Å². The zero-order chi connectivity index (χ0) is 10.6. The molecule has 0 bridgehead atoms. The van der Waals surface area contributed by atoms with Gasteiger partial charge in [0.1, 0.15) is 5.75 Å². The third kappa shape index (κ3) is 3.51. The standard InChI is InChI=1S/C10H8F3O/c1-2-8-3-5-9(6-4-8)14-7-10(11,12)13/h2-5H,1,7H2. The topological polar surface area (TPSA) is 9.23 Å². The van der Waals surface area contributed by atoms with Crippen molar-refractivity contribution in [2.24, 2.45) is 0 Å². The third-order valence-electron chi connectivity index (χ3n) is 1.44. The number of benzene rings is 1. The minimum Gasteiger partial charge on any atom is -0.483 e. The van der Waals surface area contributed by atoms with Crippen LogP contribution in [0.5, 0.6) is 5.75 Å². The van der Waals surface area contributed by atoms with E-state index in [0.29, 0.717) is 0 Å². The van der Waals surface area contributed by atoms with Gasteiger partial charge in [-0.1, -0.05) is 18.7 Å². The Hall–Kier alpha value is -1.45. The molecule has 4 heteroatoms. The van der Waals surface area contributed by atoms with E-state index in [0.717, 1.165) is 5.56 Å². The van der Waals surface area contributed by atoms with Crippen molar-refractivity contribution >= 4 is 6.08 Å². The highest BCUT2D eigenvalue weighted by Crippen LogP contribution is 2.18. The van der Waals surface area contributed by atoms with Crippen LogP contribution in [0, 0.1) is 6.07 Å².